The Bertz CT molecular complexity index is 460. The lowest BCUT2D eigenvalue weighted by Gasteiger charge is -2.32. The average Bonchev–Trinajstić information content (AvgIpc) is 3.13. The van der Waals surface area contributed by atoms with E-state index < -0.39 is 0 Å². The van der Waals surface area contributed by atoms with Crippen LogP contribution in [0.4, 0.5) is 0 Å². The third kappa shape index (κ3) is 8.87. The van der Waals surface area contributed by atoms with Crippen LogP contribution in [0.3, 0.4) is 0 Å². The Labute approximate surface area is 168 Å². The molecular formula is C17H33IN6O. The molecule has 7 nitrogen and oxygen atoms in total. The number of halogens is 1. The Morgan fingerprint density at radius 3 is 2.72 bits per heavy atom. The molecule has 0 bridgehead atoms. The fraction of sp³-hybridized carbons (Fsp3) is 0.765. The number of nitrogens with one attached hydrogen (secondary N) is 2. The molecule has 0 atom stereocenters. The van der Waals surface area contributed by atoms with Crippen molar-refractivity contribution in [1.29, 1.82) is 0 Å². The van der Waals surface area contributed by atoms with Gasteiger partial charge in [-0.3, -0.25) is 9.67 Å². The summed E-state index contributed by atoms with van der Waals surface area (Å²) in [5.74, 6) is 1.63. The minimum absolute atomic E-state index is 0. The van der Waals surface area contributed by atoms with Crippen molar-refractivity contribution in [2.75, 3.05) is 53.5 Å². The highest BCUT2D eigenvalue weighted by Crippen LogP contribution is 2.15. The predicted molar refractivity (Wildman–Crippen MR) is 113 cm³/mol. The van der Waals surface area contributed by atoms with E-state index in [-0.39, 0.29) is 24.0 Å². The first-order chi connectivity index (χ1) is 11.8. The monoisotopic (exact) mass is 464 g/mol. The molecule has 144 valence electrons. The summed E-state index contributed by atoms with van der Waals surface area (Å²) in [6, 6.07) is 1.95. The SMILES string of the molecule is CN=C(NCCCn1cccn1)NCC1CCN(CCOC)CC1.I. The summed E-state index contributed by atoms with van der Waals surface area (Å²) in [6.45, 7) is 7.05. The molecule has 1 aromatic heterocycles. The molecule has 0 aliphatic carbocycles. The lowest BCUT2D eigenvalue weighted by molar-refractivity contribution is 0.121. The molecule has 1 aliphatic heterocycles. The zero-order valence-corrected chi connectivity index (χ0v) is 17.8. The number of piperidine rings is 1. The number of aryl methyl sites for hydroxylation is 1. The van der Waals surface area contributed by atoms with Gasteiger partial charge in [-0.25, -0.2) is 0 Å². The van der Waals surface area contributed by atoms with Crippen LogP contribution in [-0.2, 0) is 11.3 Å². The normalized spacial score (nSPS) is 16.5. The Hall–Kier alpha value is -0.870. The number of likely N-dealkylation sites (tertiary alicyclic amines) is 1. The van der Waals surface area contributed by atoms with Gasteiger partial charge in [0, 0.05) is 52.7 Å². The van der Waals surface area contributed by atoms with Gasteiger partial charge >= 0.3 is 0 Å². The Kier molecular flexibility index (Phi) is 11.8. The van der Waals surface area contributed by atoms with E-state index in [4.69, 9.17) is 4.74 Å². The third-order valence-electron chi connectivity index (χ3n) is 4.52. The van der Waals surface area contributed by atoms with Crippen LogP contribution in [0.2, 0.25) is 0 Å². The number of guanidine groups is 1. The maximum atomic E-state index is 5.15. The zero-order chi connectivity index (χ0) is 17.0. The van der Waals surface area contributed by atoms with Crippen molar-refractivity contribution in [1.82, 2.24) is 25.3 Å². The second-order valence-electron chi connectivity index (χ2n) is 6.28. The summed E-state index contributed by atoms with van der Waals surface area (Å²) in [7, 11) is 3.60. The van der Waals surface area contributed by atoms with Gasteiger partial charge in [0.2, 0.25) is 0 Å². The summed E-state index contributed by atoms with van der Waals surface area (Å²) < 4.78 is 7.11. The number of hydrogen-bond acceptors (Lipinski definition) is 4. The number of rotatable bonds is 9. The topological polar surface area (TPSA) is 66.7 Å². The van der Waals surface area contributed by atoms with Crippen LogP contribution in [0.15, 0.2) is 23.5 Å². The minimum atomic E-state index is 0. The van der Waals surface area contributed by atoms with Crippen LogP contribution in [0.5, 0.6) is 0 Å². The van der Waals surface area contributed by atoms with Crippen molar-refractivity contribution >= 4 is 29.9 Å². The predicted octanol–water partition coefficient (Wildman–Crippen LogP) is 1.41. The first-order valence-electron chi connectivity index (χ1n) is 8.95. The van der Waals surface area contributed by atoms with Crippen LogP contribution in [0.25, 0.3) is 0 Å². The molecule has 2 heterocycles. The number of methoxy groups -OCH3 is 1. The highest BCUT2D eigenvalue weighted by Gasteiger charge is 2.18. The maximum absolute atomic E-state index is 5.15. The Morgan fingerprint density at radius 2 is 2.08 bits per heavy atom. The minimum Gasteiger partial charge on any atom is -0.383 e. The molecule has 2 N–H and O–H groups in total. The van der Waals surface area contributed by atoms with Crippen molar-refractivity contribution in [3.05, 3.63) is 18.5 Å². The van der Waals surface area contributed by atoms with E-state index >= 15 is 0 Å². The van der Waals surface area contributed by atoms with Gasteiger partial charge in [0.25, 0.3) is 0 Å². The lowest BCUT2D eigenvalue weighted by atomic mass is 9.97. The zero-order valence-electron chi connectivity index (χ0n) is 15.5. The summed E-state index contributed by atoms with van der Waals surface area (Å²) in [5.41, 5.74) is 0. The first-order valence-corrected chi connectivity index (χ1v) is 8.95. The molecule has 1 aromatic rings. The van der Waals surface area contributed by atoms with E-state index in [0.717, 1.165) is 51.1 Å². The Morgan fingerprint density at radius 1 is 1.28 bits per heavy atom. The van der Waals surface area contributed by atoms with Crippen molar-refractivity contribution in [2.24, 2.45) is 10.9 Å². The molecule has 1 aliphatic rings. The fourth-order valence-corrected chi connectivity index (χ4v) is 2.98. The molecule has 0 amide bonds. The Balaban J connectivity index is 0.00000312. The van der Waals surface area contributed by atoms with Gasteiger partial charge in [-0.05, 0) is 44.3 Å². The average molecular weight is 464 g/mol. The largest absolute Gasteiger partial charge is 0.383 e. The van der Waals surface area contributed by atoms with Crippen LogP contribution >= 0.6 is 24.0 Å². The van der Waals surface area contributed by atoms with Gasteiger partial charge in [-0.15, -0.1) is 24.0 Å². The highest BCUT2D eigenvalue weighted by atomic mass is 127. The van der Waals surface area contributed by atoms with Crippen LogP contribution < -0.4 is 10.6 Å². The second kappa shape index (κ2) is 13.3. The van der Waals surface area contributed by atoms with Gasteiger partial charge < -0.3 is 20.3 Å². The fourth-order valence-electron chi connectivity index (χ4n) is 2.98. The van der Waals surface area contributed by atoms with Crippen molar-refractivity contribution < 1.29 is 4.74 Å². The van der Waals surface area contributed by atoms with E-state index in [1.807, 2.05) is 30.2 Å². The maximum Gasteiger partial charge on any atom is 0.190 e. The summed E-state index contributed by atoms with van der Waals surface area (Å²) in [4.78, 5) is 6.80. The van der Waals surface area contributed by atoms with Crippen LogP contribution in [-0.4, -0.2) is 74.1 Å². The summed E-state index contributed by atoms with van der Waals surface area (Å²) in [6.07, 6.45) is 7.32. The van der Waals surface area contributed by atoms with Crippen LogP contribution in [0, 0.1) is 5.92 Å². The molecule has 1 saturated heterocycles. The molecule has 0 unspecified atom stereocenters. The van der Waals surface area contributed by atoms with E-state index in [9.17, 15) is 0 Å². The molecule has 0 spiro atoms. The van der Waals surface area contributed by atoms with Gasteiger partial charge in [-0.1, -0.05) is 0 Å². The molecule has 0 saturated carbocycles. The number of nitrogens with zero attached hydrogens (tertiary/aromatic N) is 4. The molecular weight excluding hydrogens is 431 g/mol. The standard InChI is InChI=1S/C17H32N6O.HI/c1-18-17(19-7-3-9-23-10-4-8-21-23)20-15-16-5-11-22(12-6-16)13-14-24-2;/h4,8,10,16H,3,5-7,9,11-15H2,1-2H3,(H2,18,19,20);1H. The van der Waals surface area contributed by atoms with E-state index in [1.54, 1.807) is 7.11 Å². The first kappa shape index (κ1) is 22.2. The van der Waals surface area contributed by atoms with E-state index in [2.05, 4.69) is 25.6 Å². The molecule has 25 heavy (non-hydrogen) atoms. The summed E-state index contributed by atoms with van der Waals surface area (Å²) >= 11 is 0. The number of hydrogen-bond donors (Lipinski definition) is 2. The number of aliphatic imine (C=N–C) groups is 1. The molecule has 0 aromatic carbocycles. The van der Waals surface area contributed by atoms with E-state index in [0.29, 0.717) is 0 Å². The van der Waals surface area contributed by atoms with Gasteiger partial charge in [0.05, 0.1) is 6.61 Å². The summed E-state index contributed by atoms with van der Waals surface area (Å²) in [5, 5.41) is 11.0. The molecule has 2 rings (SSSR count). The number of aromatic nitrogens is 2. The molecule has 1 fully saturated rings. The lowest BCUT2D eigenvalue weighted by Crippen LogP contribution is -2.43. The quantitative estimate of drug-likeness (QED) is 0.251. The number of ether oxygens (including phenoxy) is 1. The third-order valence-corrected chi connectivity index (χ3v) is 4.52. The molecule has 8 heteroatoms. The second-order valence-corrected chi connectivity index (χ2v) is 6.28. The van der Waals surface area contributed by atoms with Gasteiger partial charge in [-0.2, -0.15) is 5.10 Å². The highest BCUT2D eigenvalue weighted by molar-refractivity contribution is 14.0. The van der Waals surface area contributed by atoms with Gasteiger partial charge in [0.1, 0.15) is 0 Å². The van der Waals surface area contributed by atoms with Crippen molar-refractivity contribution in [3.8, 4) is 0 Å². The van der Waals surface area contributed by atoms with Crippen LogP contribution in [0.1, 0.15) is 19.3 Å². The smallest absolute Gasteiger partial charge is 0.190 e. The van der Waals surface area contributed by atoms with Gasteiger partial charge in [0.15, 0.2) is 5.96 Å². The molecule has 0 radical (unpaired) electrons. The van der Waals surface area contributed by atoms with Crippen molar-refractivity contribution in [2.45, 2.75) is 25.8 Å². The van der Waals surface area contributed by atoms with E-state index in [1.165, 1.54) is 25.9 Å². The van der Waals surface area contributed by atoms with Crippen molar-refractivity contribution in [3.63, 3.8) is 0 Å².